The number of aliphatic imine (C=N–C) groups is 1. The Morgan fingerprint density at radius 1 is 1.40 bits per heavy atom. The number of likely N-dealkylation sites (N-methyl/N-ethyl adjacent to an activating group) is 2. The summed E-state index contributed by atoms with van der Waals surface area (Å²) >= 11 is 0. The minimum atomic E-state index is 0.103. The summed E-state index contributed by atoms with van der Waals surface area (Å²) in [6.45, 7) is 5.91. The Bertz CT molecular complexity index is 534. The number of nitrogens with one attached hydrogen (secondary N) is 1. The summed E-state index contributed by atoms with van der Waals surface area (Å²) in [7, 11) is 4.00. The topological polar surface area (TPSA) is 81.1 Å². The van der Waals surface area contributed by atoms with Crippen LogP contribution in [0.5, 0.6) is 0 Å². The Morgan fingerprint density at radius 3 is 2.88 bits per heavy atom. The van der Waals surface area contributed by atoms with E-state index in [2.05, 4.69) is 20.2 Å². The van der Waals surface area contributed by atoms with Gasteiger partial charge in [0.15, 0.2) is 0 Å². The second-order valence-corrected chi connectivity index (χ2v) is 6.07. The number of carbonyl (C=O) groups is 1. The number of hydrogen-bond donors (Lipinski definition) is 2. The van der Waals surface area contributed by atoms with Gasteiger partial charge < -0.3 is 20.2 Å². The number of pyridine rings is 1. The summed E-state index contributed by atoms with van der Waals surface area (Å²) in [4.78, 5) is 24.7. The van der Waals surface area contributed by atoms with Crippen LogP contribution in [0.1, 0.15) is 24.6 Å². The summed E-state index contributed by atoms with van der Waals surface area (Å²) in [5.74, 6) is 0.103. The van der Waals surface area contributed by atoms with Crippen LogP contribution in [0, 0.1) is 0 Å². The molecule has 0 aromatic carbocycles. The zero-order valence-corrected chi connectivity index (χ0v) is 15.6. The van der Waals surface area contributed by atoms with Gasteiger partial charge in [0.25, 0.3) is 0 Å². The fraction of sp³-hybridized carbons (Fsp3) is 0.611. The molecule has 0 spiro atoms. The first kappa shape index (κ1) is 21.2. The molecule has 140 valence electrons. The van der Waals surface area contributed by atoms with Crippen molar-refractivity contribution >= 4 is 12.1 Å². The van der Waals surface area contributed by atoms with Crippen molar-refractivity contribution in [2.24, 2.45) is 4.99 Å². The Balaban J connectivity index is 2.42. The lowest BCUT2D eigenvalue weighted by molar-refractivity contribution is -0.130. The van der Waals surface area contributed by atoms with Crippen LogP contribution < -0.4 is 5.32 Å². The highest BCUT2D eigenvalue weighted by molar-refractivity contribution is 5.79. The summed E-state index contributed by atoms with van der Waals surface area (Å²) in [6.07, 6.45) is 4.19. The quantitative estimate of drug-likeness (QED) is 0.421. The van der Waals surface area contributed by atoms with Crippen LogP contribution in [0.3, 0.4) is 0 Å². The molecule has 25 heavy (non-hydrogen) atoms. The summed E-state index contributed by atoms with van der Waals surface area (Å²) in [6, 6.07) is 3.83. The Hall–Kier alpha value is -1.83. The molecule has 1 heterocycles. The van der Waals surface area contributed by atoms with Gasteiger partial charge in [0.2, 0.25) is 5.91 Å². The van der Waals surface area contributed by atoms with Crippen LogP contribution in [-0.2, 0) is 11.3 Å². The molecule has 0 fully saturated rings. The lowest BCUT2D eigenvalue weighted by Gasteiger charge is -2.23. The van der Waals surface area contributed by atoms with Crippen molar-refractivity contribution in [1.29, 1.82) is 0 Å². The molecule has 2 N–H and O–H groups in total. The van der Waals surface area contributed by atoms with Gasteiger partial charge in [-0.05, 0) is 45.1 Å². The molecule has 1 aromatic rings. The molecule has 0 saturated heterocycles. The summed E-state index contributed by atoms with van der Waals surface area (Å²) in [5.41, 5.74) is 1.84. The van der Waals surface area contributed by atoms with Crippen LogP contribution in [0.2, 0.25) is 0 Å². The van der Waals surface area contributed by atoms with Gasteiger partial charge in [-0.3, -0.25) is 14.8 Å². The third kappa shape index (κ3) is 9.28. The number of carbonyl (C=O) groups excluding carboxylic acids is 1. The largest absolute Gasteiger partial charge is 0.396 e. The van der Waals surface area contributed by atoms with E-state index in [1.807, 2.05) is 38.1 Å². The molecule has 0 unspecified atom stereocenters. The Kier molecular flexibility index (Phi) is 10.6. The molecule has 1 amide bonds. The maximum Gasteiger partial charge on any atom is 0.236 e. The molecule has 0 aliphatic heterocycles. The Morgan fingerprint density at radius 2 is 2.20 bits per heavy atom. The first-order chi connectivity index (χ1) is 12.1. The van der Waals surface area contributed by atoms with Crippen LogP contribution in [0.4, 0.5) is 0 Å². The van der Waals surface area contributed by atoms with Gasteiger partial charge in [-0.2, -0.15) is 0 Å². The average Bonchev–Trinajstić information content (AvgIpc) is 2.59. The van der Waals surface area contributed by atoms with E-state index in [4.69, 9.17) is 5.11 Å². The van der Waals surface area contributed by atoms with Crippen molar-refractivity contribution in [2.75, 3.05) is 53.4 Å². The fourth-order valence-corrected chi connectivity index (χ4v) is 2.19. The van der Waals surface area contributed by atoms with E-state index in [-0.39, 0.29) is 12.5 Å². The first-order valence-electron chi connectivity index (χ1n) is 8.75. The molecule has 7 heteroatoms. The third-order valence-corrected chi connectivity index (χ3v) is 3.66. The minimum Gasteiger partial charge on any atom is -0.396 e. The molecule has 0 bridgehead atoms. The SMILES string of the molecule is CCN(CCN(C)C)C(=O)CNCc1cc(C=NCCCO)ccn1. The van der Waals surface area contributed by atoms with E-state index in [0.717, 1.165) is 24.3 Å². The van der Waals surface area contributed by atoms with Crippen LogP contribution >= 0.6 is 0 Å². The van der Waals surface area contributed by atoms with Gasteiger partial charge >= 0.3 is 0 Å². The second kappa shape index (κ2) is 12.5. The van der Waals surface area contributed by atoms with Gasteiger partial charge in [-0.1, -0.05) is 0 Å². The van der Waals surface area contributed by atoms with Crippen LogP contribution in [0.15, 0.2) is 23.3 Å². The number of nitrogens with zero attached hydrogens (tertiary/aromatic N) is 4. The highest BCUT2D eigenvalue weighted by Gasteiger charge is 2.11. The molecule has 7 nitrogen and oxygen atoms in total. The standard InChI is InChI=1S/C18H31N5O2/c1-4-23(10-9-22(2)3)18(25)15-20-14-17-12-16(6-8-21-17)13-19-7-5-11-24/h6,8,12-13,20,24H,4-5,7,9-11,14-15H2,1-3H3. The van der Waals surface area contributed by atoms with E-state index in [9.17, 15) is 4.79 Å². The molecule has 1 aromatic heterocycles. The number of aliphatic hydroxyl groups excluding tert-OH is 1. The molecule has 0 radical (unpaired) electrons. The van der Waals surface area contributed by atoms with Crippen molar-refractivity contribution < 1.29 is 9.90 Å². The molecule has 1 rings (SSSR count). The van der Waals surface area contributed by atoms with Gasteiger partial charge in [0, 0.05) is 51.7 Å². The van der Waals surface area contributed by atoms with E-state index < -0.39 is 0 Å². The number of aliphatic hydroxyl groups is 1. The van der Waals surface area contributed by atoms with E-state index in [1.54, 1.807) is 12.4 Å². The van der Waals surface area contributed by atoms with Gasteiger partial charge in [-0.15, -0.1) is 0 Å². The third-order valence-electron chi connectivity index (χ3n) is 3.66. The molecule has 0 atom stereocenters. The first-order valence-corrected chi connectivity index (χ1v) is 8.75. The van der Waals surface area contributed by atoms with Gasteiger partial charge in [0.05, 0.1) is 12.2 Å². The maximum atomic E-state index is 12.2. The average molecular weight is 349 g/mol. The summed E-state index contributed by atoms with van der Waals surface area (Å²) < 4.78 is 0. The lowest BCUT2D eigenvalue weighted by Crippen LogP contribution is -2.41. The van der Waals surface area contributed by atoms with Crippen LogP contribution in [0.25, 0.3) is 0 Å². The number of hydrogen-bond acceptors (Lipinski definition) is 6. The maximum absolute atomic E-state index is 12.2. The number of aromatic nitrogens is 1. The highest BCUT2D eigenvalue weighted by Crippen LogP contribution is 2.00. The molecule has 0 aliphatic carbocycles. The second-order valence-electron chi connectivity index (χ2n) is 6.07. The molecule has 0 aliphatic rings. The monoisotopic (exact) mass is 349 g/mol. The van der Waals surface area contributed by atoms with Crippen molar-refractivity contribution in [2.45, 2.75) is 19.9 Å². The van der Waals surface area contributed by atoms with Crippen LogP contribution in [-0.4, -0.2) is 85.4 Å². The lowest BCUT2D eigenvalue weighted by atomic mass is 10.2. The zero-order valence-electron chi connectivity index (χ0n) is 15.6. The number of amides is 1. The normalized spacial score (nSPS) is 11.4. The number of rotatable bonds is 12. The van der Waals surface area contributed by atoms with E-state index in [0.29, 0.717) is 32.6 Å². The smallest absolute Gasteiger partial charge is 0.236 e. The molecular formula is C18H31N5O2. The van der Waals surface area contributed by atoms with Crippen molar-refractivity contribution in [3.05, 3.63) is 29.6 Å². The molecular weight excluding hydrogens is 318 g/mol. The highest BCUT2D eigenvalue weighted by atomic mass is 16.3. The van der Waals surface area contributed by atoms with E-state index in [1.165, 1.54) is 0 Å². The fourth-order valence-electron chi connectivity index (χ4n) is 2.19. The molecule has 0 saturated carbocycles. The van der Waals surface area contributed by atoms with E-state index >= 15 is 0 Å². The van der Waals surface area contributed by atoms with Gasteiger partial charge in [-0.25, -0.2) is 0 Å². The van der Waals surface area contributed by atoms with Crippen molar-refractivity contribution in [3.8, 4) is 0 Å². The summed E-state index contributed by atoms with van der Waals surface area (Å²) in [5, 5.41) is 11.9. The predicted octanol–water partition coefficient (Wildman–Crippen LogP) is 0.383. The zero-order chi connectivity index (χ0) is 18.5. The van der Waals surface area contributed by atoms with Gasteiger partial charge in [0.1, 0.15) is 0 Å². The Labute approximate surface area is 150 Å². The predicted molar refractivity (Wildman–Crippen MR) is 101 cm³/mol. The van der Waals surface area contributed by atoms with Crippen molar-refractivity contribution in [3.63, 3.8) is 0 Å². The van der Waals surface area contributed by atoms with Crippen molar-refractivity contribution in [1.82, 2.24) is 20.1 Å². The minimum absolute atomic E-state index is 0.103.